The minimum Gasteiger partial charge on any atom is -0.371 e. The lowest BCUT2D eigenvalue weighted by Crippen LogP contribution is -2.22. The molecule has 0 spiro atoms. The molecule has 20 heavy (non-hydrogen) atoms. The number of benzene rings is 1. The van der Waals surface area contributed by atoms with Crippen LogP contribution in [0, 0.1) is 0 Å². The zero-order valence-corrected chi connectivity index (χ0v) is 12.9. The Hall–Kier alpha value is -1.96. The van der Waals surface area contributed by atoms with E-state index in [1.807, 2.05) is 12.1 Å². The summed E-state index contributed by atoms with van der Waals surface area (Å²) in [7, 11) is 0. The molecule has 8 heteroatoms. The number of H-pyrrole nitrogens is 1. The Morgan fingerprint density at radius 3 is 2.80 bits per heavy atom. The van der Waals surface area contributed by atoms with Gasteiger partial charge in [0.1, 0.15) is 0 Å². The highest BCUT2D eigenvalue weighted by Crippen LogP contribution is 2.26. The van der Waals surface area contributed by atoms with E-state index in [-0.39, 0.29) is 0 Å². The zero-order chi connectivity index (χ0) is 14.4. The second-order valence-corrected chi connectivity index (χ2v) is 4.84. The SMILES string of the molecule is CCN(CC)c1ccc(C=NNc2nn[nH]n2)cc1Br. The number of halogens is 1. The normalized spacial score (nSPS) is 10.9. The summed E-state index contributed by atoms with van der Waals surface area (Å²) in [5, 5.41) is 17.3. The van der Waals surface area contributed by atoms with Gasteiger partial charge in [-0.15, -0.1) is 5.10 Å². The van der Waals surface area contributed by atoms with Crippen molar-refractivity contribution in [3.8, 4) is 0 Å². The van der Waals surface area contributed by atoms with Crippen LogP contribution in [-0.4, -0.2) is 39.9 Å². The van der Waals surface area contributed by atoms with Gasteiger partial charge in [0, 0.05) is 17.6 Å². The highest BCUT2D eigenvalue weighted by Gasteiger charge is 2.06. The highest BCUT2D eigenvalue weighted by atomic mass is 79.9. The standard InChI is InChI=1S/C12H16BrN7/c1-3-20(4-2)11-6-5-9(7-10(11)13)8-14-15-12-16-18-19-17-12/h5-8H,3-4H2,1-2H3,(H2,15,16,17,18,19). The number of tetrazole rings is 1. The molecular formula is C12H16BrN7. The smallest absolute Gasteiger partial charge is 0.283 e. The minimum absolute atomic E-state index is 0.333. The second-order valence-electron chi connectivity index (χ2n) is 3.99. The Bertz CT molecular complexity index is 563. The van der Waals surface area contributed by atoms with Gasteiger partial charge in [-0.1, -0.05) is 11.2 Å². The summed E-state index contributed by atoms with van der Waals surface area (Å²) in [6.45, 7) is 6.23. The van der Waals surface area contributed by atoms with Gasteiger partial charge in [0.25, 0.3) is 5.95 Å². The average molecular weight is 338 g/mol. The van der Waals surface area contributed by atoms with Crippen LogP contribution in [0.2, 0.25) is 0 Å². The molecule has 0 bridgehead atoms. The molecule has 0 aliphatic carbocycles. The molecule has 0 aliphatic heterocycles. The molecule has 1 aromatic carbocycles. The van der Waals surface area contributed by atoms with Gasteiger partial charge in [-0.05, 0) is 52.7 Å². The third kappa shape index (κ3) is 3.53. The molecule has 1 heterocycles. The number of hydrogen-bond donors (Lipinski definition) is 2. The molecule has 0 atom stereocenters. The van der Waals surface area contributed by atoms with Crippen LogP contribution in [0.1, 0.15) is 19.4 Å². The molecule has 2 rings (SSSR count). The fourth-order valence-electron chi connectivity index (χ4n) is 1.80. The van der Waals surface area contributed by atoms with Crippen LogP contribution in [0.5, 0.6) is 0 Å². The van der Waals surface area contributed by atoms with E-state index in [4.69, 9.17) is 0 Å². The van der Waals surface area contributed by atoms with E-state index in [0.717, 1.165) is 23.1 Å². The monoisotopic (exact) mass is 337 g/mol. The van der Waals surface area contributed by atoms with E-state index >= 15 is 0 Å². The summed E-state index contributed by atoms with van der Waals surface area (Å²) in [5.41, 5.74) is 4.83. The van der Waals surface area contributed by atoms with E-state index in [1.54, 1.807) is 6.21 Å². The molecule has 0 aliphatic rings. The fourth-order valence-corrected chi connectivity index (χ4v) is 2.45. The first-order valence-electron chi connectivity index (χ1n) is 6.31. The number of aromatic amines is 1. The third-order valence-corrected chi connectivity index (χ3v) is 3.43. The van der Waals surface area contributed by atoms with Crippen molar-refractivity contribution in [1.29, 1.82) is 0 Å². The van der Waals surface area contributed by atoms with Crippen molar-refractivity contribution in [2.75, 3.05) is 23.4 Å². The van der Waals surface area contributed by atoms with Crippen molar-refractivity contribution in [2.45, 2.75) is 13.8 Å². The van der Waals surface area contributed by atoms with Crippen molar-refractivity contribution in [2.24, 2.45) is 5.10 Å². The number of hydrazone groups is 1. The number of aromatic nitrogens is 4. The van der Waals surface area contributed by atoms with Crippen molar-refractivity contribution < 1.29 is 0 Å². The van der Waals surface area contributed by atoms with Crippen LogP contribution in [0.25, 0.3) is 0 Å². The van der Waals surface area contributed by atoms with Gasteiger partial charge in [0.2, 0.25) is 0 Å². The number of nitrogens with zero attached hydrogens (tertiary/aromatic N) is 5. The van der Waals surface area contributed by atoms with E-state index in [0.29, 0.717) is 5.95 Å². The van der Waals surface area contributed by atoms with Crippen LogP contribution >= 0.6 is 15.9 Å². The summed E-state index contributed by atoms with van der Waals surface area (Å²) in [6.07, 6.45) is 1.70. The molecular weight excluding hydrogens is 322 g/mol. The molecule has 2 aromatic rings. The van der Waals surface area contributed by atoms with Gasteiger partial charge in [-0.3, -0.25) is 0 Å². The van der Waals surface area contributed by atoms with Gasteiger partial charge in [0.15, 0.2) is 0 Å². The van der Waals surface area contributed by atoms with Crippen LogP contribution < -0.4 is 10.3 Å². The molecule has 2 N–H and O–H groups in total. The Labute approximate surface area is 125 Å². The lowest BCUT2D eigenvalue weighted by molar-refractivity contribution is 0.864. The maximum absolute atomic E-state index is 4.05. The molecule has 0 saturated heterocycles. The Kier molecular flexibility index (Phi) is 5.05. The van der Waals surface area contributed by atoms with E-state index < -0.39 is 0 Å². The topological polar surface area (TPSA) is 82.1 Å². The summed E-state index contributed by atoms with van der Waals surface area (Å²) >= 11 is 3.60. The summed E-state index contributed by atoms with van der Waals surface area (Å²) in [6, 6.07) is 6.11. The number of hydrogen-bond acceptors (Lipinski definition) is 6. The molecule has 7 nitrogen and oxygen atoms in total. The van der Waals surface area contributed by atoms with Crippen molar-refractivity contribution in [3.63, 3.8) is 0 Å². The highest BCUT2D eigenvalue weighted by molar-refractivity contribution is 9.10. The number of nitrogens with one attached hydrogen (secondary N) is 2. The maximum Gasteiger partial charge on any atom is 0.283 e. The quantitative estimate of drug-likeness (QED) is 0.624. The third-order valence-electron chi connectivity index (χ3n) is 2.80. The molecule has 1 aromatic heterocycles. The lowest BCUT2D eigenvalue weighted by Gasteiger charge is -2.22. The lowest BCUT2D eigenvalue weighted by atomic mass is 10.2. The molecule has 106 valence electrons. The van der Waals surface area contributed by atoms with Crippen LogP contribution in [0.15, 0.2) is 27.8 Å². The second kappa shape index (κ2) is 6.99. The predicted octanol–water partition coefficient (Wildman–Crippen LogP) is 2.25. The summed E-state index contributed by atoms with van der Waals surface area (Å²) in [4.78, 5) is 2.28. The average Bonchev–Trinajstić information content (AvgIpc) is 2.95. The van der Waals surface area contributed by atoms with Gasteiger partial charge in [0.05, 0.1) is 11.9 Å². The molecule has 0 fully saturated rings. The first-order valence-corrected chi connectivity index (χ1v) is 7.11. The van der Waals surface area contributed by atoms with E-state index in [9.17, 15) is 0 Å². The maximum atomic E-state index is 4.05. The number of anilines is 2. The van der Waals surface area contributed by atoms with Gasteiger partial charge in [-0.2, -0.15) is 10.3 Å². The van der Waals surface area contributed by atoms with Crippen LogP contribution in [0.3, 0.4) is 0 Å². The first-order chi connectivity index (χ1) is 9.74. The van der Waals surface area contributed by atoms with Gasteiger partial charge < -0.3 is 4.90 Å². The molecule has 0 amide bonds. The molecule has 0 radical (unpaired) electrons. The van der Waals surface area contributed by atoms with E-state index in [2.05, 4.69) is 71.9 Å². The fraction of sp³-hybridized carbons (Fsp3) is 0.333. The van der Waals surface area contributed by atoms with Crippen molar-refractivity contribution >= 4 is 33.8 Å². The Morgan fingerprint density at radius 1 is 1.40 bits per heavy atom. The predicted molar refractivity (Wildman–Crippen MR) is 83.1 cm³/mol. The van der Waals surface area contributed by atoms with Crippen LogP contribution in [-0.2, 0) is 0 Å². The first kappa shape index (κ1) is 14.4. The van der Waals surface area contributed by atoms with E-state index in [1.165, 1.54) is 5.69 Å². The summed E-state index contributed by atoms with van der Waals surface area (Å²) in [5.74, 6) is 0.333. The zero-order valence-electron chi connectivity index (χ0n) is 11.3. The molecule has 0 unspecified atom stereocenters. The van der Waals surface area contributed by atoms with Crippen molar-refractivity contribution in [1.82, 2.24) is 20.6 Å². The van der Waals surface area contributed by atoms with Gasteiger partial charge in [-0.25, -0.2) is 5.43 Å². The Morgan fingerprint density at radius 2 is 2.20 bits per heavy atom. The van der Waals surface area contributed by atoms with Gasteiger partial charge >= 0.3 is 0 Å². The van der Waals surface area contributed by atoms with Crippen LogP contribution in [0.4, 0.5) is 11.6 Å². The molecule has 0 saturated carbocycles. The largest absolute Gasteiger partial charge is 0.371 e. The number of rotatable bonds is 6. The Balaban J connectivity index is 2.06. The summed E-state index contributed by atoms with van der Waals surface area (Å²) < 4.78 is 1.05. The minimum atomic E-state index is 0.333. The van der Waals surface area contributed by atoms with Crippen molar-refractivity contribution in [3.05, 3.63) is 28.2 Å².